The van der Waals surface area contributed by atoms with Crippen LogP contribution in [0.3, 0.4) is 0 Å². The van der Waals surface area contributed by atoms with Gasteiger partial charge in [-0.1, -0.05) is 24.3 Å². The number of nitrogen functional groups attached to an aromatic ring is 1. The summed E-state index contributed by atoms with van der Waals surface area (Å²) >= 11 is 0. The predicted octanol–water partition coefficient (Wildman–Crippen LogP) is 5.29. The second-order valence-electron chi connectivity index (χ2n) is 9.38. The Morgan fingerprint density at radius 3 is 2.60 bits per heavy atom. The van der Waals surface area contributed by atoms with Crippen LogP contribution in [0.2, 0.25) is 0 Å². The fourth-order valence-corrected chi connectivity index (χ4v) is 5.20. The molecule has 10 nitrogen and oxygen atoms in total. The Labute approximate surface area is 227 Å². The standard InChI is InChI=1S/C28H24FN5O3.CH2O2/c1-15(25-22(16-7-3-2-4-8-16)20-9-5-6-10-21(20)28(36)37-25)34-27-23(26(30)31-14-32-27)24(33-34)17-11-18(29)13-19(35)12-17;2-1-3/h5-7,9-15,35H,2-4,8H2,1H3,(H2,30,31,32);1H,(H,2,3). The van der Waals surface area contributed by atoms with Crippen molar-refractivity contribution in [3.05, 3.63) is 82.4 Å². The second-order valence-corrected chi connectivity index (χ2v) is 9.38. The van der Waals surface area contributed by atoms with Crippen molar-refractivity contribution in [2.45, 2.75) is 38.6 Å². The smallest absolute Gasteiger partial charge is 0.343 e. The van der Waals surface area contributed by atoms with Gasteiger partial charge in [-0.25, -0.2) is 23.8 Å². The molecule has 0 saturated carbocycles. The van der Waals surface area contributed by atoms with Gasteiger partial charge in [0.05, 0.1) is 10.8 Å². The van der Waals surface area contributed by atoms with E-state index in [0.29, 0.717) is 33.4 Å². The van der Waals surface area contributed by atoms with Crippen LogP contribution in [0.1, 0.15) is 50.0 Å². The number of nitrogens with zero attached hydrogens (tertiary/aromatic N) is 4. The van der Waals surface area contributed by atoms with Crippen LogP contribution in [0.4, 0.5) is 10.2 Å². The first-order valence-electron chi connectivity index (χ1n) is 12.7. The van der Waals surface area contributed by atoms with Crippen LogP contribution in [0, 0.1) is 5.82 Å². The van der Waals surface area contributed by atoms with Crippen LogP contribution in [0.25, 0.3) is 38.6 Å². The number of aromatic hydroxyl groups is 1. The highest BCUT2D eigenvalue weighted by molar-refractivity contribution is 5.99. The normalized spacial score (nSPS) is 13.9. The van der Waals surface area contributed by atoms with Crippen molar-refractivity contribution >= 4 is 39.7 Å². The maximum absolute atomic E-state index is 14.2. The van der Waals surface area contributed by atoms with Gasteiger partial charge in [0.1, 0.15) is 41.2 Å². The summed E-state index contributed by atoms with van der Waals surface area (Å²) in [4.78, 5) is 29.9. The van der Waals surface area contributed by atoms with Gasteiger partial charge in [0, 0.05) is 17.2 Å². The SMILES string of the molecule is CC(c1oc(=O)c2ccccc2c1C1=CCCCC1)n1nc(-c2cc(O)cc(F)c2)c2c(N)ncnc21.O=CO. The van der Waals surface area contributed by atoms with Gasteiger partial charge in [-0.3, -0.25) is 4.79 Å². The molecular weight excluding hydrogens is 517 g/mol. The number of rotatable bonds is 4. The number of benzene rings is 2. The highest BCUT2D eigenvalue weighted by Gasteiger charge is 2.27. The summed E-state index contributed by atoms with van der Waals surface area (Å²) in [6.07, 6.45) is 7.54. The average molecular weight is 544 g/mol. The van der Waals surface area contributed by atoms with Crippen LogP contribution in [-0.2, 0) is 4.79 Å². The molecule has 4 N–H and O–H groups in total. The van der Waals surface area contributed by atoms with Crippen LogP contribution < -0.4 is 11.4 Å². The van der Waals surface area contributed by atoms with Gasteiger partial charge >= 0.3 is 5.63 Å². The quantitative estimate of drug-likeness (QED) is 0.256. The Morgan fingerprint density at radius 1 is 1.15 bits per heavy atom. The highest BCUT2D eigenvalue weighted by atomic mass is 19.1. The minimum atomic E-state index is -0.617. The summed E-state index contributed by atoms with van der Waals surface area (Å²) in [6, 6.07) is 10.6. The van der Waals surface area contributed by atoms with Crippen molar-refractivity contribution in [3.8, 4) is 17.0 Å². The Hall–Kier alpha value is -5.06. The molecule has 1 aliphatic carbocycles. The van der Waals surface area contributed by atoms with Crippen LogP contribution in [0.15, 0.2) is 64.1 Å². The third-order valence-corrected chi connectivity index (χ3v) is 6.90. The molecule has 0 amide bonds. The third-order valence-electron chi connectivity index (χ3n) is 6.90. The molecular formula is C29H26FN5O5. The van der Waals surface area contributed by atoms with Crippen LogP contribution in [-0.4, -0.2) is 36.4 Å². The van der Waals surface area contributed by atoms with E-state index in [4.69, 9.17) is 25.2 Å². The average Bonchev–Trinajstić information content (AvgIpc) is 3.34. The number of anilines is 1. The zero-order chi connectivity index (χ0) is 28.4. The zero-order valence-electron chi connectivity index (χ0n) is 21.5. The maximum Gasteiger partial charge on any atom is 0.343 e. The summed E-state index contributed by atoms with van der Waals surface area (Å²) in [5.74, 6) is -0.231. The van der Waals surface area contributed by atoms with Gasteiger partial charge in [-0.15, -0.1) is 0 Å². The van der Waals surface area contributed by atoms with Crippen LogP contribution in [0.5, 0.6) is 5.75 Å². The van der Waals surface area contributed by atoms with Gasteiger partial charge in [-0.2, -0.15) is 5.10 Å². The Morgan fingerprint density at radius 2 is 1.90 bits per heavy atom. The third kappa shape index (κ3) is 4.77. The molecule has 3 heterocycles. The fourth-order valence-electron chi connectivity index (χ4n) is 5.20. The molecule has 0 fully saturated rings. The van der Waals surface area contributed by atoms with Crippen LogP contribution >= 0.6 is 0 Å². The molecule has 3 aromatic heterocycles. The second kappa shape index (κ2) is 11.0. The first-order valence-corrected chi connectivity index (χ1v) is 12.7. The molecule has 6 rings (SSSR count). The van der Waals surface area contributed by atoms with Gasteiger partial charge in [0.2, 0.25) is 0 Å². The van der Waals surface area contributed by atoms with E-state index in [2.05, 4.69) is 16.0 Å². The van der Waals surface area contributed by atoms with E-state index in [0.717, 1.165) is 48.3 Å². The van der Waals surface area contributed by atoms with E-state index < -0.39 is 17.5 Å². The number of allylic oxidation sites excluding steroid dienone is 2. The molecule has 1 unspecified atom stereocenters. The minimum Gasteiger partial charge on any atom is -0.508 e. The van der Waals surface area contributed by atoms with Gasteiger partial charge in [0.15, 0.2) is 5.65 Å². The summed E-state index contributed by atoms with van der Waals surface area (Å²) in [6.45, 7) is 1.62. The lowest BCUT2D eigenvalue weighted by Gasteiger charge is -2.21. The van der Waals surface area contributed by atoms with Gasteiger partial charge < -0.3 is 20.4 Å². The first-order chi connectivity index (χ1) is 19.3. The van der Waals surface area contributed by atoms with Crippen molar-refractivity contribution in [1.82, 2.24) is 19.7 Å². The number of fused-ring (bicyclic) bond motifs is 2. The van der Waals surface area contributed by atoms with Crippen molar-refractivity contribution in [1.29, 1.82) is 0 Å². The Balaban J connectivity index is 0.00000103. The summed E-state index contributed by atoms with van der Waals surface area (Å²) in [5.41, 5.74) is 8.85. The monoisotopic (exact) mass is 543 g/mol. The number of halogens is 1. The predicted molar refractivity (Wildman–Crippen MR) is 148 cm³/mol. The molecule has 0 spiro atoms. The summed E-state index contributed by atoms with van der Waals surface area (Å²) < 4.78 is 21.8. The first kappa shape index (κ1) is 26.5. The number of hydrogen-bond acceptors (Lipinski definition) is 8. The summed E-state index contributed by atoms with van der Waals surface area (Å²) in [5, 5.41) is 23.4. The molecule has 204 valence electrons. The topological polar surface area (TPSA) is 157 Å². The Bertz CT molecular complexity index is 1810. The van der Waals surface area contributed by atoms with E-state index in [1.165, 1.54) is 18.5 Å². The van der Waals surface area contributed by atoms with E-state index >= 15 is 0 Å². The van der Waals surface area contributed by atoms with Gasteiger partial charge in [-0.05, 0) is 61.8 Å². The number of phenols is 1. The van der Waals surface area contributed by atoms with E-state index in [1.54, 1.807) is 10.7 Å². The Kier molecular flexibility index (Phi) is 7.28. The zero-order valence-corrected chi connectivity index (χ0v) is 21.5. The van der Waals surface area contributed by atoms with E-state index in [1.807, 2.05) is 25.1 Å². The molecule has 1 atom stereocenters. The largest absolute Gasteiger partial charge is 0.508 e. The molecule has 1 aliphatic rings. The molecule has 0 aliphatic heterocycles. The molecule has 11 heteroatoms. The number of phenolic OH excluding ortho intramolecular Hbond substituents is 1. The molecule has 2 aromatic carbocycles. The number of carbonyl (C=O) groups is 1. The molecule has 5 aromatic rings. The molecule has 0 saturated heterocycles. The molecule has 0 bridgehead atoms. The lowest BCUT2D eigenvalue weighted by molar-refractivity contribution is -0.122. The number of carboxylic acid groups (broad SMARTS) is 1. The number of aromatic nitrogens is 4. The maximum atomic E-state index is 14.2. The molecule has 40 heavy (non-hydrogen) atoms. The number of nitrogens with two attached hydrogens (primary N) is 1. The lowest BCUT2D eigenvalue weighted by atomic mass is 9.89. The van der Waals surface area contributed by atoms with E-state index in [-0.39, 0.29) is 18.0 Å². The van der Waals surface area contributed by atoms with Crippen molar-refractivity contribution in [2.24, 2.45) is 0 Å². The fraction of sp³-hybridized carbons (Fsp3) is 0.207. The highest BCUT2D eigenvalue weighted by Crippen LogP contribution is 2.39. The lowest BCUT2D eigenvalue weighted by Crippen LogP contribution is -2.16. The van der Waals surface area contributed by atoms with Crippen molar-refractivity contribution in [2.75, 3.05) is 5.73 Å². The molecule has 0 radical (unpaired) electrons. The number of hydrogen-bond donors (Lipinski definition) is 3. The van der Waals surface area contributed by atoms with Gasteiger partial charge in [0.25, 0.3) is 6.47 Å². The van der Waals surface area contributed by atoms with E-state index in [9.17, 15) is 14.3 Å². The minimum absolute atomic E-state index is 0.164. The summed E-state index contributed by atoms with van der Waals surface area (Å²) in [7, 11) is 0. The van der Waals surface area contributed by atoms with Crippen molar-refractivity contribution < 1.29 is 23.8 Å². The van der Waals surface area contributed by atoms with Crippen molar-refractivity contribution in [3.63, 3.8) is 0 Å².